The molecule has 0 bridgehead atoms. The van der Waals surface area contributed by atoms with Crippen LogP contribution in [0, 0.1) is 0 Å². The summed E-state index contributed by atoms with van der Waals surface area (Å²) in [5, 5.41) is 6.11. The van der Waals surface area contributed by atoms with Crippen molar-refractivity contribution < 1.29 is 14.1 Å². The van der Waals surface area contributed by atoms with E-state index >= 15 is 0 Å². The van der Waals surface area contributed by atoms with Gasteiger partial charge in [0.1, 0.15) is 11.4 Å². The van der Waals surface area contributed by atoms with E-state index in [-0.39, 0.29) is 17.7 Å². The number of carbonyl (C=O) groups excluding carboxylic acids is 1. The lowest BCUT2D eigenvalue weighted by molar-refractivity contribution is 0.0695. The fourth-order valence-corrected chi connectivity index (χ4v) is 4.10. The molecule has 0 unspecified atom stereocenters. The summed E-state index contributed by atoms with van der Waals surface area (Å²) in [6, 6.07) is 13.5. The van der Waals surface area contributed by atoms with Gasteiger partial charge in [-0.05, 0) is 36.4 Å². The molecule has 3 aromatic rings. The third kappa shape index (κ3) is 3.05. The smallest absolute Gasteiger partial charge is 0.293 e. The number of benzene rings is 1. The molecule has 25 heavy (non-hydrogen) atoms. The lowest BCUT2D eigenvalue weighted by Gasteiger charge is -2.22. The number of methoxy groups -OCH3 is 1. The van der Waals surface area contributed by atoms with E-state index in [0.29, 0.717) is 5.69 Å². The van der Waals surface area contributed by atoms with Crippen molar-refractivity contribution >= 4 is 17.2 Å². The molecule has 3 heterocycles. The van der Waals surface area contributed by atoms with Crippen LogP contribution in [0.15, 0.2) is 52.4 Å². The topological polar surface area (TPSA) is 55.6 Å². The Bertz CT molecular complexity index is 872. The number of thiophene rings is 1. The molecule has 1 saturated heterocycles. The Balaban J connectivity index is 1.58. The lowest BCUT2D eigenvalue weighted by Crippen LogP contribution is -2.29. The second kappa shape index (κ2) is 6.72. The van der Waals surface area contributed by atoms with Gasteiger partial charge in [-0.25, -0.2) is 0 Å². The van der Waals surface area contributed by atoms with Gasteiger partial charge in [0.15, 0.2) is 0 Å². The number of hydrogen-bond donors (Lipinski definition) is 0. The van der Waals surface area contributed by atoms with Crippen LogP contribution in [0.2, 0.25) is 0 Å². The van der Waals surface area contributed by atoms with E-state index in [2.05, 4.69) is 11.2 Å². The average molecular weight is 354 g/mol. The minimum atomic E-state index is -0.0995. The second-order valence-electron chi connectivity index (χ2n) is 5.98. The number of ether oxygens (including phenoxy) is 1. The minimum absolute atomic E-state index is 0.0995. The molecular weight excluding hydrogens is 336 g/mol. The Hall–Kier alpha value is -2.60. The van der Waals surface area contributed by atoms with Gasteiger partial charge in [-0.2, -0.15) is 0 Å². The molecule has 4 rings (SSSR count). The molecule has 1 aromatic carbocycles. The van der Waals surface area contributed by atoms with Crippen LogP contribution in [-0.4, -0.2) is 29.6 Å². The van der Waals surface area contributed by atoms with Crippen molar-refractivity contribution in [1.82, 2.24) is 10.1 Å². The highest BCUT2D eigenvalue weighted by molar-refractivity contribution is 7.10. The van der Waals surface area contributed by atoms with Crippen LogP contribution in [0.25, 0.3) is 11.3 Å². The Kier molecular flexibility index (Phi) is 4.28. The first kappa shape index (κ1) is 15.9. The molecule has 128 valence electrons. The van der Waals surface area contributed by atoms with E-state index in [4.69, 9.17) is 9.26 Å². The predicted octanol–water partition coefficient (Wildman–Crippen LogP) is 4.39. The second-order valence-corrected chi connectivity index (χ2v) is 6.96. The van der Waals surface area contributed by atoms with Gasteiger partial charge in [-0.1, -0.05) is 23.4 Å². The first-order chi connectivity index (χ1) is 12.3. The molecular formula is C19H18N2O3S. The van der Waals surface area contributed by atoms with Gasteiger partial charge in [-0.15, -0.1) is 11.3 Å². The SMILES string of the molecule is COc1cccc(-c2cc(C(=O)N3CCC[C@@H]3c3cccs3)on2)c1. The number of carbonyl (C=O) groups is 1. The quantitative estimate of drug-likeness (QED) is 0.697. The van der Waals surface area contributed by atoms with Crippen LogP contribution >= 0.6 is 11.3 Å². The van der Waals surface area contributed by atoms with Crippen molar-refractivity contribution in [3.63, 3.8) is 0 Å². The molecule has 0 N–H and O–H groups in total. The maximum atomic E-state index is 12.9. The summed E-state index contributed by atoms with van der Waals surface area (Å²) in [6.45, 7) is 0.747. The highest BCUT2D eigenvalue weighted by Crippen LogP contribution is 2.35. The molecule has 1 fully saturated rings. The third-order valence-electron chi connectivity index (χ3n) is 4.47. The first-order valence-corrected chi connectivity index (χ1v) is 9.10. The Morgan fingerprint density at radius 2 is 2.24 bits per heavy atom. The van der Waals surface area contributed by atoms with Crippen molar-refractivity contribution in [2.24, 2.45) is 0 Å². The fourth-order valence-electron chi connectivity index (χ4n) is 3.22. The van der Waals surface area contributed by atoms with E-state index in [0.717, 1.165) is 30.7 Å². The van der Waals surface area contributed by atoms with Crippen LogP contribution in [0.4, 0.5) is 0 Å². The highest BCUT2D eigenvalue weighted by atomic mass is 32.1. The molecule has 1 aliphatic heterocycles. The average Bonchev–Trinajstić information content (AvgIpc) is 3.41. The van der Waals surface area contributed by atoms with Crippen LogP contribution in [-0.2, 0) is 0 Å². The maximum Gasteiger partial charge on any atom is 0.293 e. The summed E-state index contributed by atoms with van der Waals surface area (Å²) >= 11 is 1.69. The van der Waals surface area contributed by atoms with Gasteiger partial charge >= 0.3 is 0 Å². The normalized spacial score (nSPS) is 17.0. The van der Waals surface area contributed by atoms with Crippen molar-refractivity contribution in [3.05, 3.63) is 58.5 Å². The van der Waals surface area contributed by atoms with Crippen molar-refractivity contribution in [2.75, 3.05) is 13.7 Å². The van der Waals surface area contributed by atoms with Gasteiger partial charge in [0, 0.05) is 23.1 Å². The molecule has 6 heteroatoms. The monoisotopic (exact) mass is 354 g/mol. The Labute approximate surface area is 149 Å². The van der Waals surface area contributed by atoms with E-state index in [9.17, 15) is 4.79 Å². The summed E-state index contributed by atoms with van der Waals surface area (Å²) in [4.78, 5) is 16.0. The van der Waals surface area contributed by atoms with E-state index in [1.807, 2.05) is 40.6 Å². The third-order valence-corrected chi connectivity index (χ3v) is 5.45. The van der Waals surface area contributed by atoms with Crippen molar-refractivity contribution in [3.8, 4) is 17.0 Å². The molecule has 0 spiro atoms. The molecule has 0 saturated carbocycles. The van der Waals surface area contributed by atoms with Crippen LogP contribution in [0.3, 0.4) is 0 Å². The first-order valence-electron chi connectivity index (χ1n) is 8.22. The number of nitrogens with zero attached hydrogens (tertiary/aromatic N) is 2. The largest absolute Gasteiger partial charge is 0.497 e. The number of likely N-dealkylation sites (tertiary alicyclic amines) is 1. The van der Waals surface area contributed by atoms with Crippen LogP contribution in [0.5, 0.6) is 5.75 Å². The van der Waals surface area contributed by atoms with Gasteiger partial charge < -0.3 is 14.2 Å². The highest BCUT2D eigenvalue weighted by Gasteiger charge is 2.33. The van der Waals surface area contributed by atoms with Crippen molar-refractivity contribution in [2.45, 2.75) is 18.9 Å². The van der Waals surface area contributed by atoms with Gasteiger partial charge in [0.05, 0.1) is 13.2 Å². The molecule has 1 amide bonds. The Morgan fingerprint density at radius 1 is 1.32 bits per heavy atom. The van der Waals surface area contributed by atoms with Gasteiger partial charge in [0.2, 0.25) is 5.76 Å². The Morgan fingerprint density at radius 3 is 3.04 bits per heavy atom. The zero-order chi connectivity index (χ0) is 17.2. The molecule has 2 aromatic heterocycles. The van der Waals surface area contributed by atoms with Gasteiger partial charge in [-0.3, -0.25) is 4.79 Å². The van der Waals surface area contributed by atoms with E-state index < -0.39 is 0 Å². The maximum absolute atomic E-state index is 12.9. The summed E-state index contributed by atoms with van der Waals surface area (Å²) in [7, 11) is 1.62. The zero-order valence-electron chi connectivity index (χ0n) is 13.8. The fraction of sp³-hybridized carbons (Fsp3) is 0.263. The molecule has 0 radical (unpaired) electrons. The summed E-state index contributed by atoms with van der Waals surface area (Å²) in [5.74, 6) is 0.921. The van der Waals surface area contributed by atoms with E-state index in [1.165, 1.54) is 4.88 Å². The number of hydrogen-bond acceptors (Lipinski definition) is 5. The summed E-state index contributed by atoms with van der Waals surface area (Å²) in [5.41, 5.74) is 1.49. The number of aromatic nitrogens is 1. The molecule has 1 aliphatic rings. The van der Waals surface area contributed by atoms with Crippen LogP contribution < -0.4 is 4.74 Å². The zero-order valence-corrected chi connectivity index (χ0v) is 14.7. The summed E-state index contributed by atoms with van der Waals surface area (Å²) in [6.07, 6.45) is 1.99. The van der Waals surface area contributed by atoms with Crippen LogP contribution in [0.1, 0.15) is 34.3 Å². The summed E-state index contributed by atoms with van der Waals surface area (Å²) < 4.78 is 10.6. The van der Waals surface area contributed by atoms with Gasteiger partial charge in [0.25, 0.3) is 5.91 Å². The standard InChI is InChI=1S/C19H18N2O3S/c1-23-14-6-2-5-13(11-14)15-12-17(24-20-15)19(22)21-9-3-7-16(21)18-8-4-10-25-18/h2,4-6,8,10-12,16H,3,7,9H2,1H3/t16-/m1/s1. The number of rotatable bonds is 4. The lowest BCUT2D eigenvalue weighted by atomic mass is 10.1. The molecule has 1 atom stereocenters. The molecule has 5 nitrogen and oxygen atoms in total. The predicted molar refractivity (Wildman–Crippen MR) is 95.8 cm³/mol. The van der Waals surface area contributed by atoms with E-state index in [1.54, 1.807) is 24.5 Å². The number of amides is 1. The van der Waals surface area contributed by atoms with Crippen molar-refractivity contribution in [1.29, 1.82) is 0 Å². The molecule has 0 aliphatic carbocycles. The minimum Gasteiger partial charge on any atom is -0.497 e.